The van der Waals surface area contributed by atoms with Gasteiger partial charge in [-0.25, -0.2) is 0 Å². The molecule has 0 bridgehead atoms. The molecule has 0 fully saturated rings. The Labute approximate surface area is 158 Å². The second-order valence-corrected chi connectivity index (χ2v) is 6.84. The first-order chi connectivity index (χ1) is 12.3. The smallest absolute Gasteiger partial charge is 0.255 e. The summed E-state index contributed by atoms with van der Waals surface area (Å²) in [5, 5.41) is 19.2. The van der Waals surface area contributed by atoms with Gasteiger partial charge in [0.25, 0.3) is 5.91 Å². The Morgan fingerprint density at radius 3 is 2.50 bits per heavy atom. The summed E-state index contributed by atoms with van der Waals surface area (Å²) >= 11 is 5.26. The summed E-state index contributed by atoms with van der Waals surface area (Å²) in [5.41, 5.74) is 4.97. The first-order valence-electron chi connectivity index (χ1n) is 8.31. The number of amides is 1. The highest BCUT2D eigenvalue weighted by atomic mass is 32.1. The summed E-state index contributed by atoms with van der Waals surface area (Å²) in [7, 11) is 0. The molecule has 0 radical (unpaired) electrons. The molecule has 0 saturated carbocycles. The van der Waals surface area contributed by atoms with Gasteiger partial charge in [0.1, 0.15) is 5.75 Å². The molecular formula is C20H21N3O2S. The van der Waals surface area contributed by atoms with Crippen LogP contribution < -0.4 is 16.0 Å². The standard InChI is InChI=1S/C20H21N3O2S/c1-11-4-5-12(2)16(10-11)22-19(25)17-13(3)21-20(26)23-18(17)14-6-8-15(24)9-7-14/h4-10,18,24H,1-3H3,(H,22,25)(H2,21,23,26)/t18-/m0/s1. The molecule has 2 aromatic rings. The fourth-order valence-corrected chi connectivity index (χ4v) is 3.24. The van der Waals surface area contributed by atoms with Crippen molar-refractivity contribution >= 4 is 28.9 Å². The van der Waals surface area contributed by atoms with Gasteiger partial charge in [-0.2, -0.15) is 0 Å². The normalized spacial score (nSPS) is 16.7. The fraction of sp³-hybridized carbons (Fsp3) is 0.200. The highest BCUT2D eigenvalue weighted by molar-refractivity contribution is 7.80. The number of hydrogen-bond acceptors (Lipinski definition) is 3. The predicted octanol–water partition coefficient (Wildman–Crippen LogP) is 3.44. The number of thiocarbonyl (C=S) groups is 1. The van der Waals surface area contributed by atoms with Gasteiger partial charge < -0.3 is 21.1 Å². The maximum absolute atomic E-state index is 13.1. The van der Waals surface area contributed by atoms with Crippen molar-refractivity contribution in [2.45, 2.75) is 26.8 Å². The number of rotatable bonds is 3. The van der Waals surface area contributed by atoms with Crippen molar-refractivity contribution in [1.82, 2.24) is 10.6 Å². The van der Waals surface area contributed by atoms with Gasteiger partial charge in [-0.1, -0.05) is 24.3 Å². The molecule has 134 valence electrons. The van der Waals surface area contributed by atoms with E-state index in [1.807, 2.05) is 39.0 Å². The van der Waals surface area contributed by atoms with E-state index in [0.717, 1.165) is 22.4 Å². The summed E-state index contributed by atoms with van der Waals surface area (Å²) in [6.07, 6.45) is 0. The lowest BCUT2D eigenvalue weighted by atomic mass is 9.94. The molecule has 0 spiro atoms. The van der Waals surface area contributed by atoms with Crippen LogP contribution in [0.4, 0.5) is 5.69 Å². The van der Waals surface area contributed by atoms with E-state index >= 15 is 0 Å². The van der Waals surface area contributed by atoms with Gasteiger partial charge in [0.15, 0.2) is 5.11 Å². The Hall–Kier alpha value is -2.86. The molecule has 2 aromatic carbocycles. The molecule has 0 unspecified atom stereocenters. The number of carbonyl (C=O) groups excluding carboxylic acids is 1. The van der Waals surface area contributed by atoms with E-state index in [2.05, 4.69) is 16.0 Å². The monoisotopic (exact) mass is 367 g/mol. The van der Waals surface area contributed by atoms with Gasteiger partial charge in [-0.05, 0) is 67.9 Å². The molecule has 0 saturated heterocycles. The largest absolute Gasteiger partial charge is 0.508 e. The van der Waals surface area contributed by atoms with E-state index < -0.39 is 6.04 Å². The molecule has 4 N–H and O–H groups in total. The number of hydrogen-bond donors (Lipinski definition) is 4. The van der Waals surface area contributed by atoms with Crippen molar-refractivity contribution in [2.24, 2.45) is 0 Å². The Balaban J connectivity index is 1.96. The molecular weight excluding hydrogens is 346 g/mol. The maximum atomic E-state index is 13.1. The van der Waals surface area contributed by atoms with Crippen molar-refractivity contribution < 1.29 is 9.90 Å². The third-order valence-electron chi connectivity index (χ3n) is 4.38. The highest BCUT2D eigenvalue weighted by Crippen LogP contribution is 2.29. The lowest BCUT2D eigenvalue weighted by Crippen LogP contribution is -2.45. The zero-order valence-electron chi connectivity index (χ0n) is 14.9. The molecule has 1 atom stereocenters. The van der Waals surface area contributed by atoms with E-state index in [1.54, 1.807) is 24.3 Å². The Kier molecular flexibility index (Phi) is 4.95. The summed E-state index contributed by atoms with van der Waals surface area (Å²) in [5.74, 6) is -0.0240. The molecule has 1 heterocycles. The van der Waals surface area contributed by atoms with E-state index in [9.17, 15) is 9.90 Å². The maximum Gasteiger partial charge on any atom is 0.255 e. The van der Waals surface area contributed by atoms with Crippen LogP contribution in [0.15, 0.2) is 53.7 Å². The topological polar surface area (TPSA) is 73.4 Å². The molecule has 1 aliphatic heterocycles. The van der Waals surface area contributed by atoms with Crippen molar-refractivity contribution in [3.05, 3.63) is 70.4 Å². The lowest BCUT2D eigenvalue weighted by molar-refractivity contribution is -0.113. The first-order valence-corrected chi connectivity index (χ1v) is 8.72. The molecule has 3 rings (SSSR count). The fourth-order valence-electron chi connectivity index (χ4n) is 2.97. The Bertz CT molecular complexity index is 904. The number of phenolic OH excluding ortho intramolecular Hbond substituents is 1. The number of benzene rings is 2. The zero-order chi connectivity index (χ0) is 18.8. The van der Waals surface area contributed by atoms with E-state index in [0.29, 0.717) is 16.4 Å². The Morgan fingerprint density at radius 2 is 1.81 bits per heavy atom. The number of carbonyl (C=O) groups is 1. The minimum atomic E-state index is -0.394. The summed E-state index contributed by atoms with van der Waals surface area (Å²) in [6, 6.07) is 12.3. The van der Waals surface area contributed by atoms with Crippen LogP contribution in [0.5, 0.6) is 5.75 Å². The van der Waals surface area contributed by atoms with Gasteiger partial charge in [0, 0.05) is 11.4 Å². The number of anilines is 1. The second-order valence-electron chi connectivity index (χ2n) is 6.43. The number of nitrogens with one attached hydrogen (secondary N) is 3. The van der Waals surface area contributed by atoms with Crippen molar-refractivity contribution in [3.8, 4) is 5.75 Å². The van der Waals surface area contributed by atoms with E-state index in [-0.39, 0.29) is 11.7 Å². The van der Waals surface area contributed by atoms with Crippen molar-refractivity contribution in [1.29, 1.82) is 0 Å². The molecule has 1 aliphatic rings. The molecule has 0 aromatic heterocycles. The average molecular weight is 367 g/mol. The number of aromatic hydroxyl groups is 1. The van der Waals surface area contributed by atoms with Crippen LogP contribution in [-0.2, 0) is 4.79 Å². The van der Waals surface area contributed by atoms with Crippen LogP contribution >= 0.6 is 12.2 Å². The van der Waals surface area contributed by atoms with Gasteiger partial charge in [-0.15, -0.1) is 0 Å². The van der Waals surface area contributed by atoms with Gasteiger partial charge in [-0.3, -0.25) is 4.79 Å². The van der Waals surface area contributed by atoms with Crippen LogP contribution in [0.1, 0.15) is 29.7 Å². The van der Waals surface area contributed by atoms with E-state index in [4.69, 9.17) is 12.2 Å². The minimum absolute atomic E-state index is 0.173. The van der Waals surface area contributed by atoms with Crippen molar-refractivity contribution in [3.63, 3.8) is 0 Å². The highest BCUT2D eigenvalue weighted by Gasteiger charge is 2.30. The second kappa shape index (κ2) is 7.17. The number of phenols is 1. The minimum Gasteiger partial charge on any atom is -0.508 e. The first kappa shape index (κ1) is 17.9. The summed E-state index contributed by atoms with van der Waals surface area (Å²) in [4.78, 5) is 13.1. The number of allylic oxidation sites excluding steroid dienone is 1. The van der Waals surface area contributed by atoms with Crippen LogP contribution in [0.2, 0.25) is 0 Å². The predicted molar refractivity (Wildman–Crippen MR) is 107 cm³/mol. The lowest BCUT2D eigenvalue weighted by Gasteiger charge is -2.30. The van der Waals surface area contributed by atoms with Crippen LogP contribution in [-0.4, -0.2) is 16.1 Å². The molecule has 0 aliphatic carbocycles. The summed E-state index contributed by atoms with van der Waals surface area (Å²) in [6.45, 7) is 5.78. The molecule has 6 heteroatoms. The summed E-state index contributed by atoms with van der Waals surface area (Å²) < 4.78 is 0. The average Bonchev–Trinajstić information content (AvgIpc) is 2.58. The van der Waals surface area contributed by atoms with Crippen LogP contribution in [0.25, 0.3) is 0 Å². The van der Waals surface area contributed by atoms with Gasteiger partial charge in [0.05, 0.1) is 11.6 Å². The van der Waals surface area contributed by atoms with Crippen LogP contribution in [0, 0.1) is 13.8 Å². The molecule has 5 nitrogen and oxygen atoms in total. The van der Waals surface area contributed by atoms with E-state index in [1.165, 1.54) is 0 Å². The Morgan fingerprint density at radius 1 is 1.12 bits per heavy atom. The zero-order valence-corrected chi connectivity index (χ0v) is 15.7. The van der Waals surface area contributed by atoms with Crippen molar-refractivity contribution in [2.75, 3.05) is 5.32 Å². The quantitative estimate of drug-likeness (QED) is 0.626. The van der Waals surface area contributed by atoms with Crippen LogP contribution in [0.3, 0.4) is 0 Å². The third kappa shape index (κ3) is 3.70. The number of aryl methyl sites for hydroxylation is 2. The van der Waals surface area contributed by atoms with Gasteiger partial charge >= 0.3 is 0 Å². The molecule has 26 heavy (non-hydrogen) atoms. The van der Waals surface area contributed by atoms with Gasteiger partial charge in [0.2, 0.25) is 0 Å². The molecule has 1 amide bonds. The SMILES string of the molecule is CC1=C(C(=O)Nc2cc(C)ccc2C)[C@H](c2ccc(O)cc2)NC(=S)N1. The third-order valence-corrected chi connectivity index (χ3v) is 4.60.